The second-order valence-electron chi connectivity index (χ2n) is 12.1. The molecule has 0 unspecified atom stereocenters. The molecule has 2 aliphatic heterocycles. The molecule has 7 heteroatoms. The lowest BCUT2D eigenvalue weighted by molar-refractivity contribution is -0.136. The van der Waals surface area contributed by atoms with Gasteiger partial charge in [-0.25, -0.2) is 4.79 Å². The van der Waals surface area contributed by atoms with E-state index in [4.69, 9.17) is 21.1 Å². The maximum absolute atomic E-state index is 14.4. The molecule has 47 heavy (non-hydrogen) atoms. The molecular formula is C40H35ClN2O4. The van der Waals surface area contributed by atoms with E-state index in [1.807, 2.05) is 72.8 Å². The van der Waals surface area contributed by atoms with Crippen LogP contribution in [0.1, 0.15) is 42.0 Å². The van der Waals surface area contributed by atoms with Gasteiger partial charge in [0.1, 0.15) is 6.04 Å². The van der Waals surface area contributed by atoms with Gasteiger partial charge >= 0.3 is 5.97 Å². The highest BCUT2D eigenvalue weighted by molar-refractivity contribution is 6.35. The van der Waals surface area contributed by atoms with Crippen molar-refractivity contribution in [3.05, 3.63) is 161 Å². The zero-order valence-corrected chi connectivity index (χ0v) is 26.8. The number of hydrogen-bond donors (Lipinski definition) is 1. The Morgan fingerprint density at radius 2 is 1.32 bits per heavy atom. The van der Waals surface area contributed by atoms with Gasteiger partial charge in [0.05, 0.1) is 27.4 Å². The van der Waals surface area contributed by atoms with Crippen LogP contribution in [0.15, 0.2) is 133 Å². The number of nitrogens with one attached hydrogen (secondary N) is 1. The summed E-state index contributed by atoms with van der Waals surface area (Å²) in [5, 5.41) is 4.14. The van der Waals surface area contributed by atoms with Crippen LogP contribution in [-0.2, 0) is 25.3 Å². The SMILES string of the molecule is C[C@H](NC(c1ccccc1)(c1ccccc1)c1ccccc1)C(=O)Oc1ccccc1N1C(=O)C2(CCOCC2)c2cccc(Cl)c21. The number of nitrogens with zero attached hydrogens (tertiary/aromatic N) is 1. The van der Waals surface area contributed by atoms with E-state index in [1.165, 1.54) is 0 Å². The summed E-state index contributed by atoms with van der Waals surface area (Å²) in [7, 11) is 0. The minimum absolute atomic E-state index is 0.0881. The Bertz CT molecular complexity index is 1800. The average Bonchev–Trinajstić information content (AvgIpc) is 3.36. The van der Waals surface area contributed by atoms with Crippen molar-refractivity contribution in [2.75, 3.05) is 18.1 Å². The van der Waals surface area contributed by atoms with Crippen LogP contribution in [0.25, 0.3) is 0 Å². The van der Waals surface area contributed by atoms with E-state index in [-0.39, 0.29) is 11.7 Å². The lowest BCUT2D eigenvalue weighted by Crippen LogP contribution is -2.52. The van der Waals surface area contributed by atoms with Crippen LogP contribution in [0.4, 0.5) is 11.4 Å². The third kappa shape index (κ3) is 5.32. The smallest absolute Gasteiger partial charge is 0.328 e. The number of anilines is 2. The summed E-state index contributed by atoms with van der Waals surface area (Å²) >= 11 is 6.79. The van der Waals surface area contributed by atoms with E-state index >= 15 is 0 Å². The summed E-state index contributed by atoms with van der Waals surface area (Å²) in [6.45, 7) is 2.77. The molecule has 1 N–H and O–H groups in total. The Kier molecular flexibility index (Phi) is 8.41. The molecule has 0 aliphatic carbocycles. The van der Waals surface area contributed by atoms with Gasteiger partial charge in [0.25, 0.3) is 0 Å². The molecule has 6 nitrogen and oxygen atoms in total. The van der Waals surface area contributed by atoms with Crippen LogP contribution in [0.3, 0.4) is 0 Å². The number of hydrogen-bond acceptors (Lipinski definition) is 5. The first-order chi connectivity index (χ1) is 23.0. The largest absolute Gasteiger partial charge is 0.423 e. The Hall–Kier alpha value is -4.75. The number of rotatable bonds is 8. The van der Waals surface area contributed by atoms with Crippen molar-refractivity contribution >= 4 is 34.9 Å². The number of halogens is 1. The van der Waals surface area contributed by atoms with Gasteiger partial charge in [0.2, 0.25) is 5.91 Å². The van der Waals surface area contributed by atoms with Gasteiger partial charge in [-0.05, 0) is 60.2 Å². The topological polar surface area (TPSA) is 67.9 Å². The van der Waals surface area contributed by atoms with Crippen LogP contribution in [0, 0.1) is 0 Å². The van der Waals surface area contributed by atoms with Crippen molar-refractivity contribution in [3.63, 3.8) is 0 Å². The van der Waals surface area contributed by atoms with Crippen molar-refractivity contribution in [2.24, 2.45) is 0 Å². The normalized spacial score (nSPS) is 16.1. The van der Waals surface area contributed by atoms with E-state index in [0.717, 1.165) is 22.3 Å². The van der Waals surface area contributed by atoms with E-state index in [9.17, 15) is 9.59 Å². The third-order valence-corrected chi connectivity index (χ3v) is 9.71. The minimum atomic E-state index is -0.867. The van der Waals surface area contributed by atoms with Gasteiger partial charge in [0.15, 0.2) is 5.75 Å². The third-order valence-electron chi connectivity index (χ3n) is 9.41. The second-order valence-corrected chi connectivity index (χ2v) is 12.5. The summed E-state index contributed by atoms with van der Waals surface area (Å²) in [6, 6.07) is 42.3. The molecule has 0 saturated carbocycles. The highest BCUT2D eigenvalue weighted by Gasteiger charge is 2.53. The summed E-state index contributed by atoms with van der Waals surface area (Å²) < 4.78 is 11.8. The molecule has 1 fully saturated rings. The van der Waals surface area contributed by atoms with Gasteiger partial charge in [0, 0.05) is 13.2 Å². The zero-order chi connectivity index (χ0) is 32.4. The molecule has 0 aromatic heterocycles. The highest BCUT2D eigenvalue weighted by Crippen LogP contribution is 2.54. The Balaban J connectivity index is 1.26. The summed E-state index contributed by atoms with van der Waals surface area (Å²) in [5.41, 5.74) is 3.31. The first-order valence-electron chi connectivity index (χ1n) is 15.9. The maximum atomic E-state index is 14.4. The first kappa shape index (κ1) is 30.9. The van der Waals surface area contributed by atoms with Crippen molar-refractivity contribution in [1.29, 1.82) is 0 Å². The van der Waals surface area contributed by atoms with Crippen molar-refractivity contribution in [1.82, 2.24) is 5.32 Å². The number of esters is 1. The molecule has 7 rings (SSSR count). The molecule has 1 spiro atoms. The number of carbonyl (C=O) groups excluding carboxylic acids is 2. The number of benzene rings is 5. The van der Waals surface area contributed by atoms with Crippen LogP contribution in [0.2, 0.25) is 5.02 Å². The van der Waals surface area contributed by atoms with E-state index in [1.54, 1.807) is 36.1 Å². The summed E-state index contributed by atoms with van der Waals surface area (Å²) in [5.74, 6) is -0.300. The fourth-order valence-corrected chi connectivity index (χ4v) is 7.37. The van der Waals surface area contributed by atoms with Crippen molar-refractivity contribution < 1.29 is 19.1 Å². The van der Waals surface area contributed by atoms with Crippen LogP contribution < -0.4 is 15.0 Å². The fourth-order valence-electron chi connectivity index (χ4n) is 7.12. The van der Waals surface area contributed by atoms with Gasteiger partial charge in [-0.15, -0.1) is 0 Å². The number of para-hydroxylation sites is 3. The molecule has 1 atom stereocenters. The highest BCUT2D eigenvalue weighted by atomic mass is 35.5. The minimum Gasteiger partial charge on any atom is -0.423 e. The van der Waals surface area contributed by atoms with E-state index < -0.39 is 23.0 Å². The predicted octanol–water partition coefficient (Wildman–Crippen LogP) is 7.94. The molecule has 1 amide bonds. The molecule has 5 aromatic rings. The number of carbonyl (C=O) groups is 2. The van der Waals surface area contributed by atoms with Gasteiger partial charge in [-0.3, -0.25) is 15.0 Å². The van der Waals surface area contributed by atoms with Crippen molar-refractivity contribution in [2.45, 2.75) is 36.8 Å². The number of ether oxygens (including phenoxy) is 2. The molecular weight excluding hydrogens is 608 g/mol. The standard InChI is InChI=1S/C40H35ClN2O4/c1-28(42-40(29-14-5-2-6-15-29,30-16-7-3-8-17-30)31-18-9-4-10-19-31)37(44)47-35-23-12-11-22-34(35)43-36-32(20-13-21-33(36)41)39(38(43)45)24-26-46-27-25-39/h2-23,28,42H,24-27H2,1H3/t28-/m0/s1. The van der Waals surface area contributed by atoms with Gasteiger partial charge in [-0.1, -0.05) is 127 Å². The molecule has 236 valence electrons. The zero-order valence-electron chi connectivity index (χ0n) is 26.1. The van der Waals surface area contributed by atoms with Gasteiger partial charge in [-0.2, -0.15) is 0 Å². The number of amides is 1. The molecule has 2 aliphatic rings. The van der Waals surface area contributed by atoms with Crippen LogP contribution >= 0.6 is 11.6 Å². The molecule has 1 saturated heterocycles. The predicted molar refractivity (Wildman–Crippen MR) is 184 cm³/mol. The van der Waals surface area contributed by atoms with Crippen molar-refractivity contribution in [3.8, 4) is 5.75 Å². The lowest BCUT2D eigenvalue weighted by Gasteiger charge is -2.39. The monoisotopic (exact) mass is 642 g/mol. The second kappa shape index (κ2) is 12.8. The fraction of sp³-hybridized carbons (Fsp3) is 0.200. The van der Waals surface area contributed by atoms with Crippen LogP contribution in [-0.4, -0.2) is 31.1 Å². The quantitative estimate of drug-likeness (QED) is 0.106. The first-order valence-corrected chi connectivity index (χ1v) is 16.3. The maximum Gasteiger partial charge on any atom is 0.328 e. The molecule has 0 bridgehead atoms. The Morgan fingerprint density at radius 1 is 0.787 bits per heavy atom. The summed E-state index contributed by atoms with van der Waals surface area (Å²) in [4.78, 5) is 30.1. The Labute approximate surface area is 279 Å². The van der Waals surface area contributed by atoms with E-state index in [0.29, 0.717) is 42.5 Å². The molecule has 2 heterocycles. The molecule has 5 aromatic carbocycles. The number of fused-ring (bicyclic) bond motifs is 2. The van der Waals surface area contributed by atoms with E-state index in [2.05, 4.69) is 41.7 Å². The molecule has 0 radical (unpaired) electrons. The average molecular weight is 643 g/mol. The lowest BCUT2D eigenvalue weighted by atomic mass is 9.75. The van der Waals surface area contributed by atoms with Gasteiger partial charge < -0.3 is 9.47 Å². The Morgan fingerprint density at radius 3 is 1.89 bits per heavy atom. The summed E-state index contributed by atoms with van der Waals surface area (Å²) in [6.07, 6.45) is 1.11. The van der Waals surface area contributed by atoms with Crippen LogP contribution in [0.5, 0.6) is 5.75 Å².